The van der Waals surface area contributed by atoms with Gasteiger partial charge in [-0.05, 0) is 31.2 Å². The third-order valence-corrected chi connectivity index (χ3v) is 4.20. The summed E-state index contributed by atoms with van der Waals surface area (Å²) in [4.78, 5) is 16.3. The van der Waals surface area contributed by atoms with Gasteiger partial charge in [0.05, 0.1) is 16.8 Å². The lowest BCUT2D eigenvalue weighted by Crippen LogP contribution is -2.15. The van der Waals surface area contributed by atoms with Gasteiger partial charge in [0.25, 0.3) is 0 Å². The van der Waals surface area contributed by atoms with Gasteiger partial charge in [0.1, 0.15) is 11.6 Å². The zero-order valence-corrected chi connectivity index (χ0v) is 14.0. The van der Waals surface area contributed by atoms with E-state index < -0.39 is 5.97 Å². The van der Waals surface area contributed by atoms with Crippen LogP contribution in [0.1, 0.15) is 11.9 Å². The number of esters is 1. The summed E-state index contributed by atoms with van der Waals surface area (Å²) in [6.45, 7) is 2.40. The number of para-hydroxylation sites is 3. The van der Waals surface area contributed by atoms with Crippen LogP contribution in [0, 0.1) is 0 Å². The van der Waals surface area contributed by atoms with Crippen molar-refractivity contribution in [3.63, 3.8) is 0 Å². The van der Waals surface area contributed by atoms with Crippen molar-refractivity contribution in [2.24, 2.45) is 0 Å². The number of hydrogen-bond donors (Lipinski definition) is 0. The van der Waals surface area contributed by atoms with Crippen LogP contribution >= 0.6 is 11.3 Å². The normalized spacial score (nSPS) is 10.5. The Morgan fingerprint density at radius 1 is 1.04 bits per heavy atom. The SMILES string of the molecule is CCOc1ccccc1OCC(=O)OCc1nc2ccccc2s1. The van der Waals surface area contributed by atoms with E-state index in [1.807, 2.05) is 43.3 Å². The number of benzene rings is 2. The molecule has 0 aliphatic rings. The van der Waals surface area contributed by atoms with Gasteiger partial charge in [0.2, 0.25) is 0 Å². The molecule has 0 radical (unpaired) electrons. The first-order valence-electron chi connectivity index (χ1n) is 7.61. The summed E-state index contributed by atoms with van der Waals surface area (Å²) in [5, 5.41) is 0.763. The maximum atomic E-state index is 11.9. The van der Waals surface area contributed by atoms with Crippen molar-refractivity contribution >= 4 is 27.5 Å². The van der Waals surface area contributed by atoms with Gasteiger partial charge in [0, 0.05) is 0 Å². The Labute approximate surface area is 143 Å². The van der Waals surface area contributed by atoms with Crippen LogP contribution in [0.3, 0.4) is 0 Å². The fourth-order valence-corrected chi connectivity index (χ4v) is 3.03. The van der Waals surface area contributed by atoms with Crippen molar-refractivity contribution in [1.82, 2.24) is 4.98 Å². The Balaban J connectivity index is 1.52. The molecule has 0 spiro atoms. The molecule has 0 bridgehead atoms. The lowest BCUT2D eigenvalue weighted by Gasteiger charge is -2.10. The number of thiazole rings is 1. The van der Waals surface area contributed by atoms with Crippen LogP contribution in [0.5, 0.6) is 11.5 Å². The molecule has 3 rings (SSSR count). The Morgan fingerprint density at radius 2 is 1.75 bits per heavy atom. The van der Waals surface area contributed by atoms with E-state index in [-0.39, 0.29) is 13.2 Å². The Kier molecular flexibility index (Phi) is 5.28. The van der Waals surface area contributed by atoms with Crippen molar-refractivity contribution < 1.29 is 19.0 Å². The smallest absolute Gasteiger partial charge is 0.344 e. The monoisotopic (exact) mass is 343 g/mol. The maximum absolute atomic E-state index is 11.9. The van der Waals surface area contributed by atoms with Crippen LogP contribution in [0.4, 0.5) is 0 Å². The highest BCUT2D eigenvalue weighted by Gasteiger charge is 2.10. The predicted octanol–water partition coefficient (Wildman–Crippen LogP) is 3.82. The van der Waals surface area contributed by atoms with Crippen LogP contribution in [0.15, 0.2) is 48.5 Å². The predicted molar refractivity (Wildman–Crippen MR) is 92.5 cm³/mol. The molecule has 1 heterocycles. The molecule has 124 valence electrons. The van der Waals surface area contributed by atoms with Crippen molar-refractivity contribution in [2.45, 2.75) is 13.5 Å². The summed E-state index contributed by atoms with van der Waals surface area (Å²) < 4.78 is 17.2. The largest absolute Gasteiger partial charge is 0.490 e. The third kappa shape index (κ3) is 4.02. The van der Waals surface area contributed by atoms with E-state index in [0.29, 0.717) is 18.1 Å². The first-order valence-corrected chi connectivity index (χ1v) is 8.42. The van der Waals surface area contributed by atoms with Gasteiger partial charge in [-0.1, -0.05) is 24.3 Å². The first kappa shape index (κ1) is 16.3. The number of hydrogen-bond acceptors (Lipinski definition) is 6. The van der Waals surface area contributed by atoms with E-state index in [0.717, 1.165) is 15.2 Å². The van der Waals surface area contributed by atoms with Gasteiger partial charge in [0.15, 0.2) is 18.1 Å². The van der Waals surface area contributed by atoms with E-state index in [2.05, 4.69) is 4.98 Å². The fourth-order valence-electron chi connectivity index (χ4n) is 2.15. The lowest BCUT2D eigenvalue weighted by molar-refractivity contribution is -0.147. The molecular weight excluding hydrogens is 326 g/mol. The molecule has 0 saturated carbocycles. The molecule has 1 aromatic heterocycles. The molecule has 0 unspecified atom stereocenters. The van der Waals surface area contributed by atoms with Crippen molar-refractivity contribution in [3.8, 4) is 11.5 Å². The summed E-state index contributed by atoms with van der Waals surface area (Å²) in [5.41, 5.74) is 0.912. The topological polar surface area (TPSA) is 57.7 Å². The summed E-state index contributed by atoms with van der Waals surface area (Å²) in [7, 11) is 0. The quantitative estimate of drug-likeness (QED) is 0.611. The minimum atomic E-state index is -0.444. The van der Waals surface area contributed by atoms with E-state index in [4.69, 9.17) is 14.2 Å². The van der Waals surface area contributed by atoms with E-state index in [1.54, 1.807) is 12.1 Å². The summed E-state index contributed by atoms with van der Waals surface area (Å²) in [5.74, 6) is 0.691. The molecule has 0 amide bonds. The zero-order valence-electron chi connectivity index (χ0n) is 13.2. The highest BCUT2D eigenvalue weighted by atomic mass is 32.1. The van der Waals surface area contributed by atoms with Crippen LogP contribution in [0.25, 0.3) is 10.2 Å². The Morgan fingerprint density at radius 3 is 2.50 bits per heavy atom. The van der Waals surface area contributed by atoms with Gasteiger partial charge >= 0.3 is 5.97 Å². The number of ether oxygens (including phenoxy) is 3. The minimum absolute atomic E-state index is 0.147. The summed E-state index contributed by atoms with van der Waals surface area (Å²) >= 11 is 1.51. The van der Waals surface area contributed by atoms with Gasteiger partial charge < -0.3 is 14.2 Å². The Bertz CT molecular complexity index is 798. The van der Waals surface area contributed by atoms with Gasteiger partial charge in [-0.2, -0.15) is 0 Å². The minimum Gasteiger partial charge on any atom is -0.490 e. The molecule has 6 heteroatoms. The highest BCUT2D eigenvalue weighted by molar-refractivity contribution is 7.18. The van der Waals surface area contributed by atoms with Crippen molar-refractivity contribution in [3.05, 3.63) is 53.5 Å². The number of rotatable bonds is 7. The Hall–Kier alpha value is -2.60. The first-order chi connectivity index (χ1) is 11.8. The second-order valence-electron chi connectivity index (χ2n) is 4.90. The maximum Gasteiger partial charge on any atom is 0.344 e. The van der Waals surface area contributed by atoms with Gasteiger partial charge in [-0.3, -0.25) is 0 Å². The fraction of sp³-hybridized carbons (Fsp3) is 0.222. The van der Waals surface area contributed by atoms with E-state index in [9.17, 15) is 4.79 Å². The molecule has 0 aliphatic heterocycles. The summed E-state index contributed by atoms with van der Waals surface area (Å²) in [6.07, 6.45) is 0. The number of aromatic nitrogens is 1. The molecule has 0 saturated heterocycles. The highest BCUT2D eigenvalue weighted by Crippen LogP contribution is 2.26. The van der Waals surface area contributed by atoms with Crippen molar-refractivity contribution in [1.29, 1.82) is 0 Å². The molecular formula is C18H17NO4S. The van der Waals surface area contributed by atoms with Crippen LogP contribution in [-0.2, 0) is 16.1 Å². The number of carbonyl (C=O) groups excluding carboxylic acids is 1. The second kappa shape index (κ2) is 7.79. The summed E-state index contributed by atoms with van der Waals surface area (Å²) in [6, 6.07) is 15.0. The number of nitrogens with zero attached hydrogens (tertiary/aromatic N) is 1. The number of fused-ring (bicyclic) bond motifs is 1. The standard InChI is InChI=1S/C18H17NO4S/c1-2-21-14-8-4-5-9-15(14)22-12-18(20)23-11-17-19-13-7-3-6-10-16(13)24-17/h3-10H,2,11-12H2,1H3. The molecule has 0 atom stereocenters. The van der Waals surface area contributed by atoms with Gasteiger partial charge in [-0.15, -0.1) is 11.3 Å². The van der Waals surface area contributed by atoms with Crippen LogP contribution in [-0.4, -0.2) is 24.2 Å². The van der Waals surface area contributed by atoms with E-state index in [1.165, 1.54) is 11.3 Å². The van der Waals surface area contributed by atoms with E-state index >= 15 is 0 Å². The van der Waals surface area contributed by atoms with Gasteiger partial charge in [-0.25, -0.2) is 9.78 Å². The average Bonchev–Trinajstić information content (AvgIpc) is 3.02. The molecule has 0 N–H and O–H groups in total. The van der Waals surface area contributed by atoms with Crippen LogP contribution in [0.2, 0.25) is 0 Å². The zero-order chi connectivity index (χ0) is 16.8. The molecule has 5 nitrogen and oxygen atoms in total. The number of carbonyl (C=O) groups is 1. The molecule has 0 aliphatic carbocycles. The molecule has 3 aromatic rings. The molecule has 0 fully saturated rings. The van der Waals surface area contributed by atoms with Crippen LogP contribution < -0.4 is 9.47 Å². The lowest BCUT2D eigenvalue weighted by atomic mass is 10.3. The molecule has 24 heavy (non-hydrogen) atoms. The second-order valence-corrected chi connectivity index (χ2v) is 6.02. The average molecular weight is 343 g/mol. The third-order valence-electron chi connectivity index (χ3n) is 3.19. The molecule has 2 aromatic carbocycles. The van der Waals surface area contributed by atoms with Crippen molar-refractivity contribution in [2.75, 3.05) is 13.2 Å².